The number of aliphatic carboxylic acids is 2. The summed E-state index contributed by atoms with van der Waals surface area (Å²) in [5.74, 6) is -4.26. The number of phenols is 2. The van der Waals surface area contributed by atoms with Crippen LogP contribution in [0.1, 0.15) is 23.2 Å². The summed E-state index contributed by atoms with van der Waals surface area (Å²) < 4.78 is 0. The van der Waals surface area contributed by atoms with Crippen molar-refractivity contribution < 1.29 is 34.8 Å². The molecular weight excluding hydrogens is 270 g/mol. The Hall–Kier alpha value is -2.77. The van der Waals surface area contributed by atoms with E-state index in [-0.39, 0.29) is 12.0 Å². The first-order valence-corrected chi connectivity index (χ1v) is 5.58. The molecular formula is C12H13NO7. The van der Waals surface area contributed by atoms with Crippen molar-refractivity contribution in [3.05, 3.63) is 23.8 Å². The smallest absolute Gasteiger partial charge is 0.326 e. The van der Waals surface area contributed by atoms with E-state index in [1.165, 1.54) is 6.07 Å². The largest absolute Gasteiger partial charge is 0.504 e. The summed E-state index contributed by atoms with van der Waals surface area (Å²) in [7, 11) is 0. The van der Waals surface area contributed by atoms with Gasteiger partial charge in [0.25, 0.3) is 5.91 Å². The molecule has 0 fully saturated rings. The Kier molecular flexibility index (Phi) is 4.90. The van der Waals surface area contributed by atoms with Gasteiger partial charge >= 0.3 is 11.9 Å². The highest BCUT2D eigenvalue weighted by atomic mass is 16.4. The second-order valence-corrected chi connectivity index (χ2v) is 4.00. The molecule has 0 aliphatic carbocycles. The van der Waals surface area contributed by atoms with Crippen molar-refractivity contribution in [1.29, 1.82) is 0 Å². The van der Waals surface area contributed by atoms with E-state index in [4.69, 9.17) is 15.3 Å². The number of carbonyl (C=O) groups excluding carboxylic acids is 1. The number of aromatic hydroxyl groups is 2. The lowest BCUT2D eigenvalue weighted by Crippen LogP contribution is -2.41. The number of carboxylic acid groups (broad SMARTS) is 2. The van der Waals surface area contributed by atoms with Crippen LogP contribution in [0.4, 0.5) is 0 Å². The van der Waals surface area contributed by atoms with Gasteiger partial charge in [0.2, 0.25) is 0 Å². The Morgan fingerprint density at radius 2 is 1.75 bits per heavy atom. The number of carbonyl (C=O) groups is 3. The first kappa shape index (κ1) is 15.3. The average Bonchev–Trinajstić information content (AvgIpc) is 2.36. The van der Waals surface area contributed by atoms with E-state index in [0.29, 0.717) is 0 Å². The van der Waals surface area contributed by atoms with E-state index in [9.17, 15) is 19.5 Å². The van der Waals surface area contributed by atoms with Crippen LogP contribution in [0.15, 0.2) is 18.2 Å². The fourth-order valence-electron chi connectivity index (χ4n) is 1.43. The molecule has 0 aliphatic rings. The summed E-state index contributed by atoms with van der Waals surface area (Å²) in [6.07, 6.45) is -0.668. The molecule has 0 unspecified atom stereocenters. The molecule has 0 aromatic heterocycles. The van der Waals surface area contributed by atoms with Gasteiger partial charge in [-0.1, -0.05) is 0 Å². The zero-order valence-electron chi connectivity index (χ0n) is 10.2. The monoisotopic (exact) mass is 283 g/mol. The highest BCUT2D eigenvalue weighted by Crippen LogP contribution is 2.24. The Balaban J connectivity index is 2.77. The van der Waals surface area contributed by atoms with Gasteiger partial charge in [-0.05, 0) is 24.6 Å². The maximum Gasteiger partial charge on any atom is 0.326 e. The fourth-order valence-corrected chi connectivity index (χ4v) is 1.43. The highest BCUT2D eigenvalue weighted by Gasteiger charge is 2.22. The van der Waals surface area contributed by atoms with Gasteiger partial charge in [-0.15, -0.1) is 0 Å². The van der Waals surface area contributed by atoms with Crippen LogP contribution >= 0.6 is 0 Å². The number of rotatable bonds is 6. The number of carboxylic acids is 2. The summed E-state index contributed by atoms with van der Waals surface area (Å²) in [5.41, 5.74) is -0.0538. The summed E-state index contributed by atoms with van der Waals surface area (Å²) >= 11 is 0. The highest BCUT2D eigenvalue weighted by molar-refractivity contribution is 5.97. The third-order valence-corrected chi connectivity index (χ3v) is 2.49. The minimum absolute atomic E-state index is 0.0538. The van der Waals surface area contributed by atoms with Crippen LogP contribution < -0.4 is 5.32 Å². The SMILES string of the molecule is O=C(O)CC[C@@H](NC(=O)c1ccc(O)c(O)c1)C(=O)O. The van der Waals surface area contributed by atoms with E-state index < -0.39 is 41.8 Å². The molecule has 1 aromatic rings. The number of benzene rings is 1. The molecule has 0 spiro atoms. The Bertz CT molecular complexity index is 541. The van der Waals surface area contributed by atoms with Gasteiger partial charge in [0.05, 0.1) is 0 Å². The van der Waals surface area contributed by atoms with Gasteiger partial charge < -0.3 is 25.7 Å². The number of amides is 1. The van der Waals surface area contributed by atoms with E-state index in [1.54, 1.807) is 0 Å². The fraction of sp³-hybridized carbons (Fsp3) is 0.250. The van der Waals surface area contributed by atoms with Gasteiger partial charge in [-0.2, -0.15) is 0 Å². The molecule has 0 saturated heterocycles. The molecule has 0 bridgehead atoms. The lowest BCUT2D eigenvalue weighted by Gasteiger charge is -2.13. The van der Waals surface area contributed by atoms with Crippen LogP contribution in [0.25, 0.3) is 0 Å². The molecule has 0 radical (unpaired) electrons. The standard InChI is InChI=1S/C12H13NO7/c14-8-3-1-6(5-9(8)15)11(18)13-7(12(19)20)2-4-10(16)17/h1,3,5,7,14-15H,2,4H2,(H,13,18)(H,16,17)(H,19,20)/t7-/m1/s1. The van der Waals surface area contributed by atoms with Crippen LogP contribution in [0.3, 0.4) is 0 Å². The molecule has 0 saturated carbocycles. The first-order valence-electron chi connectivity index (χ1n) is 5.58. The quantitative estimate of drug-likeness (QED) is 0.467. The first-order chi connectivity index (χ1) is 9.31. The Morgan fingerprint density at radius 3 is 2.25 bits per heavy atom. The lowest BCUT2D eigenvalue weighted by molar-refractivity contribution is -0.140. The Morgan fingerprint density at radius 1 is 1.10 bits per heavy atom. The van der Waals surface area contributed by atoms with E-state index in [1.807, 2.05) is 0 Å². The molecule has 1 atom stereocenters. The molecule has 8 heteroatoms. The van der Waals surface area contributed by atoms with E-state index in [0.717, 1.165) is 12.1 Å². The number of nitrogens with one attached hydrogen (secondary N) is 1. The minimum atomic E-state index is -1.36. The van der Waals surface area contributed by atoms with Gasteiger partial charge in [0, 0.05) is 12.0 Å². The molecule has 108 valence electrons. The zero-order valence-corrected chi connectivity index (χ0v) is 10.2. The third kappa shape index (κ3) is 4.16. The molecule has 0 heterocycles. The van der Waals surface area contributed by atoms with Crippen molar-refractivity contribution >= 4 is 17.8 Å². The summed E-state index contributed by atoms with van der Waals surface area (Å²) in [4.78, 5) is 33.1. The van der Waals surface area contributed by atoms with Crippen LogP contribution in [-0.2, 0) is 9.59 Å². The van der Waals surface area contributed by atoms with Crippen molar-refractivity contribution in [3.63, 3.8) is 0 Å². The number of hydrogen-bond donors (Lipinski definition) is 5. The summed E-state index contributed by atoms with van der Waals surface area (Å²) in [6, 6.07) is 1.90. The molecule has 1 aromatic carbocycles. The lowest BCUT2D eigenvalue weighted by atomic mass is 10.1. The molecule has 5 N–H and O–H groups in total. The second kappa shape index (κ2) is 6.41. The van der Waals surface area contributed by atoms with Crippen LogP contribution in [0, 0.1) is 0 Å². The Labute approximate surface area is 113 Å². The molecule has 0 aliphatic heterocycles. The predicted octanol–water partition coefficient (Wildman–Crippen LogP) is 0.146. The van der Waals surface area contributed by atoms with E-state index >= 15 is 0 Å². The molecule has 8 nitrogen and oxygen atoms in total. The topological polar surface area (TPSA) is 144 Å². The van der Waals surface area contributed by atoms with Gasteiger partial charge in [-0.25, -0.2) is 4.79 Å². The van der Waals surface area contributed by atoms with Crippen LogP contribution in [-0.4, -0.2) is 44.3 Å². The summed E-state index contributed by atoms with van der Waals surface area (Å²) in [5, 5.41) is 37.9. The van der Waals surface area contributed by atoms with Crippen LogP contribution in [0.5, 0.6) is 11.5 Å². The van der Waals surface area contributed by atoms with Crippen molar-refractivity contribution in [2.75, 3.05) is 0 Å². The van der Waals surface area contributed by atoms with Crippen LogP contribution in [0.2, 0.25) is 0 Å². The van der Waals surface area contributed by atoms with Gasteiger partial charge in [0.15, 0.2) is 11.5 Å². The minimum Gasteiger partial charge on any atom is -0.504 e. The molecule has 1 amide bonds. The predicted molar refractivity (Wildman–Crippen MR) is 65.5 cm³/mol. The second-order valence-electron chi connectivity index (χ2n) is 4.00. The van der Waals surface area contributed by atoms with Crippen molar-refractivity contribution in [2.45, 2.75) is 18.9 Å². The average molecular weight is 283 g/mol. The number of phenolic OH excluding ortho intramolecular Hbond substituents is 2. The van der Waals surface area contributed by atoms with Gasteiger partial charge in [-0.3, -0.25) is 9.59 Å². The third-order valence-electron chi connectivity index (χ3n) is 2.49. The zero-order chi connectivity index (χ0) is 15.3. The van der Waals surface area contributed by atoms with E-state index in [2.05, 4.69) is 5.32 Å². The van der Waals surface area contributed by atoms with Gasteiger partial charge in [0.1, 0.15) is 6.04 Å². The van der Waals surface area contributed by atoms with Crippen molar-refractivity contribution in [1.82, 2.24) is 5.32 Å². The molecule has 20 heavy (non-hydrogen) atoms. The van der Waals surface area contributed by atoms with Crippen molar-refractivity contribution in [2.24, 2.45) is 0 Å². The maximum absolute atomic E-state index is 11.8. The summed E-state index contributed by atoms with van der Waals surface area (Å²) in [6.45, 7) is 0. The number of hydrogen-bond acceptors (Lipinski definition) is 5. The van der Waals surface area contributed by atoms with Crippen molar-refractivity contribution in [3.8, 4) is 11.5 Å². The maximum atomic E-state index is 11.8. The molecule has 1 rings (SSSR count). The normalized spacial score (nSPS) is 11.6.